The van der Waals surface area contributed by atoms with E-state index in [1.54, 1.807) is 13.3 Å². The minimum atomic E-state index is 0.725. The first-order valence-corrected chi connectivity index (χ1v) is 5.18. The zero-order chi connectivity index (χ0) is 11.7. The molecule has 0 saturated carbocycles. The maximum absolute atomic E-state index is 5.14. The van der Waals surface area contributed by atoms with E-state index in [2.05, 4.69) is 15.2 Å². The van der Waals surface area contributed by atoms with Crippen LogP contribution in [0.2, 0.25) is 0 Å². The van der Waals surface area contributed by atoms with E-state index in [0.717, 1.165) is 22.9 Å². The number of hydrogen-bond donors (Lipinski definition) is 0. The standard InChI is InChI=1S/C12H10N4O/c1-17-9-5-7-16-11(8-9)14-15-12(16)10-4-2-3-6-13-10/h2-8H,1H3. The Bertz CT molecular complexity index is 648. The summed E-state index contributed by atoms with van der Waals surface area (Å²) in [6.45, 7) is 0. The van der Waals surface area contributed by atoms with Gasteiger partial charge < -0.3 is 4.74 Å². The largest absolute Gasteiger partial charge is 0.497 e. The van der Waals surface area contributed by atoms with Crippen molar-refractivity contribution >= 4 is 5.65 Å². The molecule has 0 aliphatic heterocycles. The van der Waals surface area contributed by atoms with Crippen molar-refractivity contribution in [1.29, 1.82) is 0 Å². The van der Waals surface area contributed by atoms with Crippen molar-refractivity contribution in [3.63, 3.8) is 0 Å². The third-order valence-electron chi connectivity index (χ3n) is 2.51. The average Bonchev–Trinajstić information content (AvgIpc) is 2.82. The Labute approximate surface area is 97.7 Å². The van der Waals surface area contributed by atoms with Crippen LogP contribution in [0, 0.1) is 0 Å². The van der Waals surface area contributed by atoms with Gasteiger partial charge in [0.15, 0.2) is 11.5 Å². The lowest BCUT2D eigenvalue weighted by Crippen LogP contribution is -1.92. The highest BCUT2D eigenvalue weighted by Gasteiger charge is 2.08. The Balaban J connectivity index is 2.19. The molecule has 0 aromatic carbocycles. The third kappa shape index (κ3) is 1.61. The Morgan fingerprint density at radius 1 is 1.18 bits per heavy atom. The molecule has 84 valence electrons. The number of hydrogen-bond acceptors (Lipinski definition) is 4. The summed E-state index contributed by atoms with van der Waals surface area (Å²) in [6.07, 6.45) is 3.61. The van der Waals surface area contributed by atoms with E-state index in [9.17, 15) is 0 Å². The molecule has 0 saturated heterocycles. The fraction of sp³-hybridized carbons (Fsp3) is 0.0833. The van der Waals surface area contributed by atoms with E-state index < -0.39 is 0 Å². The molecule has 0 N–H and O–H groups in total. The van der Waals surface area contributed by atoms with Gasteiger partial charge in [0.05, 0.1) is 7.11 Å². The highest BCUT2D eigenvalue weighted by atomic mass is 16.5. The second kappa shape index (κ2) is 3.86. The van der Waals surface area contributed by atoms with Crippen LogP contribution in [0.15, 0.2) is 42.7 Å². The summed E-state index contributed by atoms with van der Waals surface area (Å²) in [6, 6.07) is 9.39. The summed E-state index contributed by atoms with van der Waals surface area (Å²) in [5.74, 6) is 1.49. The molecule has 0 fully saturated rings. The average molecular weight is 226 g/mol. The van der Waals surface area contributed by atoms with Crippen LogP contribution in [-0.4, -0.2) is 26.7 Å². The molecule has 17 heavy (non-hydrogen) atoms. The van der Waals surface area contributed by atoms with Gasteiger partial charge in [-0.25, -0.2) is 0 Å². The van der Waals surface area contributed by atoms with E-state index >= 15 is 0 Å². The molecule has 0 aliphatic rings. The van der Waals surface area contributed by atoms with Crippen molar-refractivity contribution in [3.05, 3.63) is 42.7 Å². The summed E-state index contributed by atoms with van der Waals surface area (Å²) < 4.78 is 7.02. The fourth-order valence-corrected chi connectivity index (χ4v) is 1.67. The predicted octanol–water partition coefficient (Wildman–Crippen LogP) is 1.80. The topological polar surface area (TPSA) is 52.3 Å². The number of aromatic nitrogens is 4. The summed E-state index contributed by atoms with van der Waals surface area (Å²) >= 11 is 0. The maximum atomic E-state index is 5.14. The molecule has 3 aromatic rings. The summed E-state index contributed by atoms with van der Waals surface area (Å²) in [5, 5.41) is 8.23. The van der Waals surface area contributed by atoms with E-state index in [1.807, 2.05) is 40.9 Å². The van der Waals surface area contributed by atoms with Gasteiger partial charge in [-0.3, -0.25) is 9.38 Å². The van der Waals surface area contributed by atoms with Crippen molar-refractivity contribution in [1.82, 2.24) is 19.6 Å². The van der Waals surface area contributed by atoms with Gasteiger partial charge in [0.25, 0.3) is 0 Å². The summed E-state index contributed by atoms with van der Waals surface area (Å²) in [7, 11) is 1.63. The van der Waals surface area contributed by atoms with Crippen molar-refractivity contribution in [3.8, 4) is 17.3 Å². The van der Waals surface area contributed by atoms with Gasteiger partial charge in [-0.1, -0.05) is 6.07 Å². The van der Waals surface area contributed by atoms with E-state index in [-0.39, 0.29) is 0 Å². The third-order valence-corrected chi connectivity index (χ3v) is 2.51. The van der Waals surface area contributed by atoms with Crippen LogP contribution >= 0.6 is 0 Å². The van der Waals surface area contributed by atoms with Crippen LogP contribution in [0.3, 0.4) is 0 Å². The summed E-state index contributed by atoms with van der Waals surface area (Å²) in [4.78, 5) is 4.26. The normalized spacial score (nSPS) is 10.6. The quantitative estimate of drug-likeness (QED) is 0.668. The predicted molar refractivity (Wildman–Crippen MR) is 62.8 cm³/mol. The molecule has 0 bridgehead atoms. The molecule has 0 unspecified atom stereocenters. The zero-order valence-corrected chi connectivity index (χ0v) is 9.24. The monoisotopic (exact) mass is 226 g/mol. The molecular formula is C12H10N4O. The van der Waals surface area contributed by atoms with Gasteiger partial charge in [-0.2, -0.15) is 0 Å². The number of rotatable bonds is 2. The number of fused-ring (bicyclic) bond motifs is 1. The van der Waals surface area contributed by atoms with Crippen molar-refractivity contribution < 1.29 is 4.74 Å². The molecule has 3 aromatic heterocycles. The van der Waals surface area contributed by atoms with Gasteiger partial charge in [-0.15, -0.1) is 10.2 Å². The summed E-state index contributed by atoms with van der Waals surface area (Å²) in [5.41, 5.74) is 1.54. The molecule has 0 amide bonds. The van der Waals surface area contributed by atoms with Gasteiger partial charge in [0.1, 0.15) is 11.4 Å². The van der Waals surface area contributed by atoms with Crippen molar-refractivity contribution in [2.45, 2.75) is 0 Å². The minimum Gasteiger partial charge on any atom is -0.497 e. The first kappa shape index (κ1) is 9.77. The molecule has 0 aliphatic carbocycles. The second-order valence-electron chi connectivity index (χ2n) is 3.53. The van der Waals surface area contributed by atoms with Crippen LogP contribution < -0.4 is 4.74 Å². The lowest BCUT2D eigenvalue weighted by Gasteiger charge is -2.01. The van der Waals surface area contributed by atoms with Crippen LogP contribution in [0.25, 0.3) is 17.2 Å². The first-order valence-electron chi connectivity index (χ1n) is 5.18. The Kier molecular flexibility index (Phi) is 2.22. The number of pyridine rings is 2. The highest BCUT2D eigenvalue weighted by molar-refractivity contribution is 5.56. The van der Waals surface area contributed by atoms with Gasteiger partial charge >= 0.3 is 0 Å². The van der Waals surface area contributed by atoms with Crippen LogP contribution in [0.5, 0.6) is 5.75 Å². The van der Waals surface area contributed by atoms with E-state index in [1.165, 1.54) is 0 Å². The van der Waals surface area contributed by atoms with E-state index in [4.69, 9.17) is 4.74 Å². The second-order valence-corrected chi connectivity index (χ2v) is 3.53. The van der Waals surface area contributed by atoms with Crippen LogP contribution in [-0.2, 0) is 0 Å². The van der Waals surface area contributed by atoms with Gasteiger partial charge in [-0.05, 0) is 18.2 Å². The Morgan fingerprint density at radius 3 is 2.88 bits per heavy atom. The molecule has 0 spiro atoms. The number of methoxy groups -OCH3 is 1. The smallest absolute Gasteiger partial charge is 0.186 e. The van der Waals surface area contributed by atoms with Gasteiger partial charge in [0, 0.05) is 18.5 Å². The molecule has 0 atom stereocenters. The number of ether oxygens (including phenoxy) is 1. The SMILES string of the molecule is COc1ccn2c(-c3ccccn3)nnc2c1. The minimum absolute atomic E-state index is 0.725. The lowest BCUT2D eigenvalue weighted by molar-refractivity contribution is 0.414. The molecular weight excluding hydrogens is 216 g/mol. The first-order chi connectivity index (χ1) is 8.38. The molecule has 5 heteroatoms. The molecule has 3 rings (SSSR count). The van der Waals surface area contributed by atoms with Gasteiger partial charge in [0.2, 0.25) is 0 Å². The van der Waals surface area contributed by atoms with Crippen LogP contribution in [0.1, 0.15) is 0 Å². The van der Waals surface area contributed by atoms with Crippen molar-refractivity contribution in [2.75, 3.05) is 7.11 Å². The van der Waals surface area contributed by atoms with E-state index in [0.29, 0.717) is 0 Å². The fourth-order valence-electron chi connectivity index (χ4n) is 1.67. The highest BCUT2D eigenvalue weighted by Crippen LogP contribution is 2.18. The number of nitrogens with zero attached hydrogens (tertiary/aromatic N) is 4. The Morgan fingerprint density at radius 2 is 2.12 bits per heavy atom. The molecule has 0 radical (unpaired) electrons. The molecule has 3 heterocycles. The Hall–Kier alpha value is -2.43. The van der Waals surface area contributed by atoms with Crippen molar-refractivity contribution in [2.24, 2.45) is 0 Å². The zero-order valence-electron chi connectivity index (χ0n) is 9.24. The lowest BCUT2D eigenvalue weighted by atomic mass is 10.3. The van der Waals surface area contributed by atoms with Crippen LogP contribution in [0.4, 0.5) is 0 Å². The maximum Gasteiger partial charge on any atom is 0.186 e. The molecule has 5 nitrogen and oxygen atoms in total.